The van der Waals surface area contributed by atoms with Gasteiger partial charge >= 0.3 is 0 Å². The molecule has 0 unspecified atom stereocenters. The maximum absolute atomic E-state index is 14.2. The Bertz CT molecular complexity index is 1130. The highest BCUT2D eigenvalue weighted by atomic mass is 32.2. The third-order valence-electron chi connectivity index (χ3n) is 3.72. The number of hydrogen-bond donors (Lipinski definition) is 1. The van der Waals surface area contributed by atoms with Crippen molar-refractivity contribution in [2.75, 3.05) is 5.32 Å². The minimum Gasteiger partial charge on any atom is -0.334 e. The standard InChI is InChI=1S/C19H9F4N5S/c20-13-12(7-25)14(21)16(23)17(15(13)22)27-18-11(6-24)8-26-19(28-18)29-9-10-4-2-1-3-5-10/h1-5,8H,9H2,(H,26,27,28). The van der Waals surface area contributed by atoms with Crippen LogP contribution in [0.4, 0.5) is 29.1 Å². The Kier molecular flexibility index (Phi) is 5.96. The van der Waals surface area contributed by atoms with Crippen LogP contribution in [0, 0.1) is 45.9 Å². The van der Waals surface area contributed by atoms with Crippen molar-refractivity contribution in [1.29, 1.82) is 10.5 Å². The molecule has 3 rings (SSSR count). The number of anilines is 2. The van der Waals surface area contributed by atoms with Gasteiger partial charge in [0.05, 0.1) is 6.20 Å². The Morgan fingerprint density at radius 2 is 1.59 bits per heavy atom. The van der Waals surface area contributed by atoms with E-state index in [1.807, 2.05) is 30.3 Å². The molecule has 1 aromatic heterocycles. The molecule has 0 aliphatic carbocycles. The van der Waals surface area contributed by atoms with E-state index in [0.717, 1.165) is 17.8 Å². The molecule has 0 spiro atoms. The first-order chi connectivity index (χ1) is 14.0. The number of nitrogens with zero attached hydrogens (tertiary/aromatic N) is 4. The van der Waals surface area contributed by atoms with Crippen molar-refractivity contribution in [3.8, 4) is 12.1 Å². The Morgan fingerprint density at radius 3 is 2.17 bits per heavy atom. The summed E-state index contributed by atoms with van der Waals surface area (Å²) < 4.78 is 56.0. The van der Waals surface area contributed by atoms with Crippen LogP contribution in [0.1, 0.15) is 16.7 Å². The summed E-state index contributed by atoms with van der Waals surface area (Å²) in [7, 11) is 0. The second kappa shape index (κ2) is 8.59. The molecule has 0 aliphatic rings. The summed E-state index contributed by atoms with van der Waals surface area (Å²) in [6, 6.07) is 12.1. The van der Waals surface area contributed by atoms with Crippen molar-refractivity contribution in [1.82, 2.24) is 9.97 Å². The molecule has 10 heteroatoms. The molecule has 29 heavy (non-hydrogen) atoms. The molecule has 3 aromatic rings. The molecule has 5 nitrogen and oxygen atoms in total. The second-order valence-corrected chi connectivity index (χ2v) is 6.49. The van der Waals surface area contributed by atoms with Crippen molar-refractivity contribution in [3.05, 3.63) is 76.5 Å². The van der Waals surface area contributed by atoms with Gasteiger partial charge in [-0.2, -0.15) is 10.5 Å². The maximum atomic E-state index is 14.2. The van der Waals surface area contributed by atoms with Crippen LogP contribution < -0.4 is 5.32 Å². The normalized spacial score (nSPS) is 10.3. The van der Waals surface area contributed by atoms with Crippen LogP contribution >= 0.6 is 11.8 Å². The van der Waals surface area contributed by atoms with Crippen molar-refractivity contribution in [3.63, 3.8) is 0 Å². The number of halogens is 4. The van der Waals surface area contributed by atoms with E-state index in [1.165, 1.54) is 11.8 Å². The van der Waals surface area contributed by atoms with Crippen LogP contribution in [-0.4, -0.2) is 9.97 Å². The Hall–Kier alpha value is -3.63. The van der Waals surface area contributed by atoms with Crippen LogP contribution in [0.5, 0.6) is 0 Å². The van der Waals surface area contributed by atoms with E-state index in [-0.39, 0.29) is 16.5 Å². The molecule has 0 radical (unpaired) electrons. The van der Waals surface area contributed by atoms with Crippen molar-refractivity contribution < 1.29 is 17.6 Å². The van der Waals surface area contributed by atoms with E-state index in [9.17, 15) is 17.6 Å². The van der Waals surface area contributed by atoms with Gasteiger partial charge in [0.1, 0.15) is 29.0 Å². The van der Waals surface area contributed by atoms with E-state index in [2.05, 4.69) is 15.3 Å². The highest BCUT2D eigenvalue weighted by Crippen LogP contribution is 2.31. The molecule has 0 saturated heterocycles. The fraction of sp³-hybridized carbons (Fsp3) is 0.0526. The minimum absolute atomic E-state index is 0.172. The monoisotopic (exact) mass is 415 g/mol. The fourth-order valence-electron chi connectivity index (χ4n) is 2.29. The molecule has 0 atom stereocenters. The molecule has 144 valence electrons. The van der Waals surface area contributed by atoms with E-state index in [0.29, 0.717) is 5.75 Å². The molecular formula is C19H9F4N5S. The summed E-state index contributed by atoms with van der Waals surface area (Å²) in [5.41, 5.74) is -1.81. The highest BCUT2D eigenvalue weighted by Gasteiger charge is 2.26. The number of nitrogens with one attached hydrogen (secondary N) is 1. The summed E-state index contributed by atoms with van der Waals surface area (Å²) in [6.45, 7) is 0. The lowest BCUT2D eigenvalue weighted by molar-refractivity contribution is 0.455. The average molecular weight is 415 g/mol. The summed E-state index contributed by atoms with van der Waals surface area (Å²) in [5, 5.41) is 20.1. The molecule has 1 N–H and O–H groups in total. The number of benzene rings is 2. The van der Waals surface area contributed by atoms with E-state index in [4.69, 9.17) is 10.5 Å². The van der Waals surface area contributed by atoms with Gasteiger partial charge in [-0.1, -0.05) is 42.1 Å². The van der Waals surface area contributed by atoms with E-state index >= 15 is 0 Å². The maximum Gasteiger partial charge on any atom is 0.189 e. The summed E-state index contributed by atoms with van der Waals surface area (Å²) in [5.74, 6) is -7.16. The van der Waals surface area contributed by atoms with Gasteiger partial charge in [0.25, 0.3) is 0 Å². The topological polar surface area (TPSA) is 85.4 Å². The molecule has 0 amide bonds. The minimum atomic E-state index is -1.85. The molecule has 0 aliphatic heterocycles. The predicted octanol–water partition coefficient (Wildman–Crippen LogP) is 4.81. The number of aromatic nitrogens is 2. The SMILES string of the molecule is N#Cc1cnc(SCc2ccccc2)nc1Nc1c(F)c(F)c(C#N)c(F)c1F. The Morgan fingerprint density at radius 1 is 0.931 bits per heavy atom. The highest BCUT2D eigenvalue weighted by molar-refractivity contribution is 7.98. The Balaban J connectivity index is 1.95. The van der Waals surface area contributed by atoms with Crippen LogP contribution in [0.15, 0.2) is 41.7 Å². The van der Waals surface area contributed by atoms with Crippen molar-refractivity contribution >= 4 is 23.3 Å². The lowest BCUT2D eigenvalue weighted by Gasteiger charge is -2.12. The first kappa shape index (κ1) is 20.1. The van der Waals surface area contributed by atoms with Crippen LogP contribution in [0.3, 0.4) is 0 Å². The van der Waals surface area contributed by atoms with Crippen LogP contribution in [0.2, 0.25) is 0 Å². The summed E-state index contributed by atoms with van der Waals surface area (Å²) in [4.78, 5) is 8.00. The zero-order chi connectivity index (χ0) is 21.0. The average Bonchev–Trinajstić information content (AvgIpc) is 2.75. The van der Waals surface area contributed by atoms with Crippen LogP contribution in [-0.2, 0) is 5.75 Å². The van der Waals surface area contributed by atoms with Crippen molar-refractivity contribution in [2.45, 2.75) is 10.9 Å². The van der Waals surface area contributed by atoms with Gasteiger partial charge in [0.2, 0.25) is 0 Å². The zero-order valence-electron chi connectivity index (χ0n) is 14.4. The van der Waals surface area contributed by atoms with Gasteiger partial charge in [0.15, 0.2) is 34.2 Å². The van der Waals surface area contributed by atoms with Gasteiger partial charge in [-0.15, -0.1) is 0 Å². The number of hydrogen-bond acceptors (Lipinski definition) is 6. The van der Waals surface area contributed by atoms with Gasteiger partial charge in [-0.05, 0) is 5.56 Å². The van der Waals surface area contributed by atoms with Gasteiger partial charge in [0, 0.05) is 5.75 Å². The number of thioether (sulfide) groups is 1. The second-order valence-electron chi connectivity index (χ2n) is 5.54. The van der Waals surface area contributed by atoms with Gasteiger partial charge in [-0.3, -0.25) is 0 Å². The van der Waals surface area contributed by atoms with E-state index < -0.39 is 34.5 Å². The van der Waals surface area contributed by atoms with Crippen LogP contribution in [0.25, 0.3) is 0 Å². The van der Waals surface area contributed by atoms with Gasteiger partial charge < -0.3 is 5.32 Å². The molecular weight excluding hydrogens is 406 g/mol. The summed E-state index contributed by atoms with van der Waals surface area (Å²) >= 11 is 1.19. The predicted molar refractivity (Wildman–Crippen MR) is 97.0 cm³/mol. The molecule has 0 saturated carbocycles. The number of nitriles is 2. The largest absolute Gasteiger partial charge is 0.334 e. The zero-order valence-corrected chi connectivity index (χ0v) is 15.2. The number of rotatable bonds is 5. The smallest absolute Gasteiger partial charge is 0.189 e. The van der Waals surface area contributed by atoms with Gasteiger partial charge in [-0.25, -0.2) is 27.5 Å². The Labute approximate surface area is 166 Å². The fourth-order valence-corrected chi connectivity index (χ4v) is 3.06. The van der Waals surface area contributed by atoms with E-state index in [1.54, 1.807) is 6.07 Å². The molecule has 1 heterocycles. The lowest BCUT2D eigenvalue weighted by atomic mass is 10.1. The van der Waals surface area contributed by atoms with Crippen molar-refractivity contribution in [2.24, 2.45) is 0 Å². The lowest BCUT2D eigenvalue weighted by Crippen LogP contribution is -2.09. The molecule has 2 aromatic carbocycles. The third-order valence-corrected chi connectivity index (χ3v) is 4.65. The quantitative estimate of drug-likeness (QED) is 0.279. The first-order valence-electron chi connectivity index (χ1n) is 7.93. The first-order valence-corrected chi connectivity index (χ1v) is 8.91. The third kappa shape index (κ3) is 4.13. The summed E-state index contributed by atoms with van der Waals surface area (Å²) in [6.07, 6.45) is 1.12. The molecule has 0 fully saturated rings. The molecule has 0 bridgehead atoms.